The van der Waals surface area contributed by atoms with Crippen molar-refractivity contribution in [1.82, 2.24) is 5.16 Å². The number of carbonyl (C=O) groups excluding carboxylic acids is 2. The Morgan fingerprint density at radius 2 is 2.05 bits per heavy atom. The highest BCUT2D eigenvalue weighted by molar-refractivity contribution is 5.97. The van der Waals surface area contributed by atoms with Gasteiger partial charge in [0, 0.05) is 6.07 Å². The number of ether oxygens (including phenoxy) is 2. The van der Waals surface area contributed by atoms with Crippen molar-refractivity contribution in [3.63, 3.8) is 0 Å². The molecule has 1 heterocycles. The number of rotatable bonds is 5. The van der Waals surface area contributed by atoms with E-state index in [2.05, 4.69) is 10.5 Å². The third-order valence-electron chi connectivity index (χ3n) is 2.86. The van der Waals surface area contributed by atoms with Gasteiger partial charge in [-0.25, -0.2) is 4.79 Å². The van der Waals surface area contributed by atoms with E-state index in [0.29, 0.717) is 11.5 Å². The SMILES string of the molecule is COc1ccccc1C(=O)O[C@@H](C)C(=O)Nc1cc(C)on1. The summed E-state index contributed by atoms with van der Waals surface area (Å²) in [7, 11) is 1.45. The lowest BCUT2D eigenvalue weighted by Crippen LogP contribution is -2.30. The molecule has 1 N–H and O–H groups in total. The average Bonchev–Trinajstić information content (AvgIpc) is 2.92. The fraction of sp³-hybridized carbons (Fsp3) is 0.267. The topological polar surface area (TPSA) is 90.7 Å². The molecule has 1 aromatic heterocycles. The molecular formula is C15H16N2O5. The Hall–Kier alpha value is -2.83. The second-order valence-corrected chi connectivity index (χ2v) is 4.56. The number of amides is 1. The smallest absolute Gasteiger partial charge is 0.342 e. The first-order valence-electron chi connectivity index (χ1n) is 6.59. The van der Waals surface area contributed by atoms with Crippen LogP contribution in [0.2, 0.25) is 0 Å². The Labute approximate surface area is 127 Å². The number of hydrogen-bond acceptors (Lipinski definition) is 6. The summed E-state index contributed by atoms with van der Waals surface area (Å²) in [4.78, 5) is 24.0. The van der Waals surface area contributed by atoms with Crippen LogP contribution in [0.4, 0.5) is 5.82 Å². The van der Waals surface area contributed by atoms with E-state index in [1.165, 1.54) is 14.0 Å². The predicted octanol–water partition coefficient (Wildman–Crippen LogP) is 2.18. The molecule has 2 aromatic rings. The van der Waals surface area contributed by atoms with Crippen LogP contribution in [-0.4, -0.2) is 30.2 Å². The van der Waals surface area contributed by atoms with Crippen LogP contribution < -0.4 is 10.1 Å². The zero-order valence-corrected chi connectivity index (χ0v) is 12.5. The van der Waals surface area contributed by atoms with Crippen LogP contribution in [0.1, 0.15) is 23.0 Å². The van der Waals surface area contributed by atoms with Gasteiger partial charge in [0.05, 0.1) is 7.11 Å². The molecule has 0 radical (unpaired) electrons. The number of nitrogens with zero attached hydrogens (tertiary/aromatic N) is 1. The highest BCUT2D eigenvalue weighted by Crippen LogP contribution is 2.19. The minimum absolute atomic E-state index is 0.252. The Kier molecular flexibility index (Phi) is 4.77. The van der Waals surface area contributed by atoms with Crippen molar-refractivity contribution in [1.29, 1.82) is 0 Å². The molecule has 0 aliphatic heterocycles. The molecule has 0 unspecified atom stereocenters. The number of carbonyl (C=O) groups is 2. The van der Waals surface area contributed by atoms with Gasteiger partial charge < -0.3 is 19.3 Å². The molecule has 0 aliphatic carbocycles. The third-order valence-corrected chi connectivity index (χ3v) is 2.86. The van der Waals surface area contributed by atoms with Crippen molar-refractivity contribution in [2.45, 2.75) is 20.0 Å². The van der Waals surface area contributed by atoms with Crippen LogP contribution in [0, 0.1) is 6.92 Å². The van der Waals surface area contributed by atoms with Crippen LogP contribution in [0.3, 0.4) is 0 Å². The van der Waals surface area contributed by atoms with E-state index in [1.54, 1.807) is 37.3 Å². The maximum Gasteiger partial charge on any atom is 0.342 e. The van der Waals surface area contributed by atoms with Gasteiger partial charge in [0.2, 0.25) is 0 Å². The molecule has 116 valence electrons. The van der Waals surface area contributed by atoms with Crippen molar-refractivity contribution in [2.24, 2.45) is 0 Å². The monoisotopic (exact) mass is 304 g/mol. The van der Waals surface area contributed by atoms with Crippen molar-refractivity contribution >= 4 is 17.7 Å². The molecule has 0 fully saturated rings. The summed E-state index contributed by atoms with van der Waals surface area (Å²) in [5.74, 6) is 0.0666. The van der Waals surface area contributed by atoms with E-state index >= 15 is 0 Å². The fourth-order valence-electron chi connectivity index (χ4n) is 1.74. The zero-order chi connectivity index (χ0) is 16.1. The molecular weight excluding hydrogens is 288 g/mol. The van der Waals surface area contributed by atoms with Gasteiger partial charge >= 0.3 is 5.97 Å². The number of nitrogens with one attached hydrogen (secondary N) is 1. The molecule has 0 saturated heterocycles. The van der Waals surface area contributed by atoms with Crippen molar-refractivity contribution < 1.29 is 23.6 Å². The lowest BCUT2D eigenvalue weighted by Gasteiger charge is -2.13. The first-order chi connectivity index (χ1) is 10.5. The third kappa shape index (κ3) is 3.63. The summed E-state index contributed by atoms with van der Waals surface area (Å²) in [5.41, 5.74) is 0.252. The largest absolute Gasteiger partial charge is 0.496 e. The quantitative estimate of drug-likeness (QED) is 0.851. The van der Waals surface area contributed by atoms with Crippen molar-refractivity contribution in [2.75, 3.05) is 12.4 Å². The molecule has 0 saturated carbocycles. The number of aromatic nitrogens is 1. The average molecular weight is 304 g/mol. The standard InChI is InChI=1S/C15H16N2O5/c1-9-8-13(17-22-9)16-14(18)10(2)21-15(19)11-6-4-5-7-12(11)20-3/h4-8,10H,1-3H3,(H,16,17,18)/t10-/m0/s1. The van der Waals surface area contributed by atoms with Gasteiger partial charge in [-0.3, -0.25) is 4.79 Å². The first-order valence-corrected chi connectivity index (χ1v) is 6.59. The molecule has 1 atom stereocenters. The van der Waals surface area contributed by atoms with Crippen molar-refractivity contribution in [3.8, 4) is 5.75 Å². The fourth-order valence-corrected chi connectivity index (χ4v) is 1.74. The maximum atomic E-state index is 12.1. The van der Waals surface area contributed by atoms with E-state index in [9.17, 15) is 9.59 Å². The van der Waals surface area contributed by atoms with Gasteiger partial charge in [-0.2, -0.15) is 0 Å². The Bertz CT molecular complexity index is 680. The number of para-hydroxylation sites is 1. The van der Waals surface area contributed by atoms with Gasteiger partial charge in [0.25, 0.3) is 5.91 Å². The normalized spacial score (nSPS) is 11.6. The van der Waals surface area contributed by atoms with Crippen LogP contribution >= 0.6 is 0 Å². The number of aryl methyl sites for hydroxylation is 1. The molecule has 1 amide bonds. The second-order valence-electron chi connectivity index (χ2n) is 4.56. The van der Waals surface area contributed by atoms with Gasteiger partial charge in [0.1, 0.15) is 17.1 Å². The second kappa shape index (κ2) is 6.75. The molecule has 22 heavy (non-hydrogen) atoms. The number of methoxy groups -OCH3 is 1. The Balaban J connectivity index is 2.00. The number of benzene rings is 1. The lowest BCUT2D eigenvalue weighted by atomic mass is 10.2. The van der Waals surface area contributed by atoms with Gasteiger partial charge in [0.15, 0.2) is 11.9 Å². The van der Waals surface area contributed by atoms with Gasteiger partial charge in [-0.1, -0.05) is 17.3 Å². The predicted molar refractivity (Wildman–Crippen MR) is 77.7 cm³/mol. The summed E-state index contributed by atoms with van der Waals surface area (Å²) in [6.45, 7) is 3.17. The minimum atomic E-state index is -0.991. The summed E-state index contributed by atoms with van der Waals surface area (Å²) < 4.78 is 15.1. The van der Waals surface area contributed by atoms with E-state index in [-0.39, 0.29) is 11.4 Å². The molecule has 7 nitrogen and oxygen atoms in total. The first kappa shape index (κ1) is 15.6. The molecule has 7 heteroatoms. The van der Waals surface area contributed by atoms with Crippen LogP contribution in [0.15, 0.2) is 34.9 Å². The number of anilines is 1. The summed E-state index contributed by atoms with van der Waals surface area (Å²) in [5, 5.41) is 6.13. The van der Waals surface area contributed by atoms with Crippen LogP contribution in [-0.2, 0) is 9.53 Å². The molecule has 1 aromatic carbocycles. The molecule has 2 rings (SSSR count). The Morgan fingerprint density at radius 1 is 1.32 bits per heavy atom. The molecule has 0 spiro atoms. The van der Waals surface area contributed by atoms with E-state index in [1.807, 2.05) is 0 Å². The van der Waals surface area contributed by atoms with E-state index in [4.69, 9.17) is 14.0 Å². The minimum Gasteiger partial charge on any atom is -0.496 e. The highest BCUT2D eigenvalue weighted by atomic mass is 16.5. The molecule has 0 aliphatic rings. The maximum absolute atomic E-state index is 12.1. The van der Waals surface area contributed by atoms with E-state index < -0.39 is 18.0 Å². The highest BCUT2D eigenvalue weighted by Gasteiger charge is 2.21. The Morgan fingerprint density at radius 3 is 2.68 bits per heavy atom. The lowest BCUT2D eigenvalue weighted by molar-refractivity contribution is -0.123. The summed E-state index contributed by atoms with van der Waals surface area (Å²) in [6, 6.07) is 8.18. The van der Waals surface area contributed by atoms with Crippen LogP contribution in [0.25, 0.3) is 0 Å². The summed E-state index contributed by atoms with van der Waals surface area (Å²) >= 11 is 0. The number of esters is 1. The van der Waals surface area contributed by atoms with Gasteiger partial charge in [-0.15, -0.1) is 0 Å². The number of hydrogen-bond donors (Lipinski definition) is 1. The van der Waals surface area contributed by atoms with Gasteiger partial charge in [-0.05, 0) is 26.0 Å². The van der Waals surface area contributed by atoms with E-state index in [0.717, 1.165) is 0 Å². The van der Waals surface area contributed by atoms with Crippen LogP contribution in [0.5, 0.6) is 5.75 Å². The van der Waals surface area contributed by atoms with Crippen molar-refractivity contribution in [3.05, 3.63) is 41.7 Å². The summed E-state index contributed by atoms with van der Waals surface area (Å²) in [6.07, 6.45) is -0.991. The molecule has 0 bridgehead atoms. The zero-order valence-electron chi connectivity index (χ0n) is 12.5.